The monoisotopic (exact) mass is 346 g/mol. The molecule has 3 rings (SSSR count). The van der Waals surface area contributed by atoms with E-state index in [1.165, 1.54) is 23.6 Å². The van der Waals surface area contributed by atoms with Gasteiger partial charge in [0.25, 0.3) is 0 Å². The largest absolute Gasteiger partial charge is 0.316 e. The molecule has 23 heavy (non-hydrogen) atoms. The van der Waals surface area contributed by atoms with Crippen molar-refractivity contribution in [3.63, 3.8) is 0 Å². The van der Waals surface area contributed by atoms with Crippen LogP contribution in [0.1, 0.15) is 5.56 Å². The summed E-state index contributed by atoms with van der Waals surface area (Å²) in [5.74, 6) is 0.728. The average Bonchev–Trinajstić information content (AvgIpc) is 2.95. The predicted octanol–water partition coefficient (Wildman–Crippen LogP) is 3.06. The molecule has 8 heteroatoms. The van der Waals surface area contributed by atoms with Gasteiger partial charge in [-0.25, -0.2) is 18.4 Å². The Bertz CT molecular complexity index is 934. The zero-order valence-electron chi connectivity index (χ0n) is 12.5. The fraction of sp³-hybridized carbons (Fsp3) is 0.133. The summed E-state index contributed by atoms with van der Waals surface area (Å²) in [6.07, 6.45) is 4.24. The summed E-state index contributed by atoms with van der Waals surface area (Å²) in [4.78, 5) is 13.0. The van der Waals surface area contributed by atoms with Gasteiger partial charge in [-0.2, -0.15) is 0 Å². The summed E-state index contributed by atoms with van der Waals surface area (Å²) in [5, 5.41) is 5.71. The molecule has 0 unspecified atom stereocenters. The van der Waals surface area contributed by atoms with E-state index < -0.39 is 9.84 Å². The zero-order chi connectivity index (χ0) is 16.4. The molecule has 3 heterocycles. The van der Waals surface area contributed by atoms with Crippen LogP contribution in [-0.4, -0.2) is 29.6 Å². The third-order valence-corrected chi connectivity index (χ3v) is 4.94. The van der Waals surface area contributed by atoms with E-state index in [0.717, 1.165) is 17.6 Å². The van der Waals surface area contributed by atoms with Gasteiger partial charge in [0.05, 0.1) is 10.6 Å². The molecule has 1 N–H and O–H groups in total. The maximum Gasteiger partial charge on any atom is 0.188 e. The van der Waals surface area contributed by atoms with Gasteiger partial charge in [-0.15, -0.1) is 11.3 Å². The van der Waals surface area contributed by atoms with Crippen molar-refractivity contribution in [3.8, 4) is 11.4 Å². The smallest absolute Gasteiger partial charge is 0.188 e. The normalized spacial score (nSPS) is 11.4. The van der Waals surface area contributed by atoms with E-state index in [-0.39, 0.29) is 4.90 Å². The average molecular weight is 346 g/mol. The summed E-state index contributed by atoms with van der Waals surface area (Å²) in [7, 11) is -3.24. The first-order chi connectivity index (χ1) is 10.9. The van der Waals surface area contributed by atoms with Crippen molar-refractivity contribution in [2.75, 3.05) is 11.6 Å². The maximum absolute atomic E-state index is 11.4. The first-order valence-electron chi connectivity index (χ1n) is 6.73. The number of nitrogens with zero attached hydrogens (tertiary/aromatic N) is 3. The molecule has 0 aliphatic carbocycles. The number of aromatic nitrogens is 3. The molecule has 0 aliphatic heterocycles. The van der Waals surface area contributed by atoms with Crippen LogP contribution in [0.5, 0.6) is 0 Å². The Balaban J connectivity index is 1.81. The second-order valence-corrected chi connectivity index (χ2v) is 7.91. The summed E-state index contributed by atoms with van der Waals surface area (Å²) in [6.45, 7) is 1.99. The third kappa shape index (κ3) is 3.72. The van der Waals surface area contributed by atoms with Crippen LogP contribution in [0.4, 0.5) is 10.9 Å². The number of thiazole rings is 1. The molecule has 118 valence electrons. The highest BCUT2D eigenvalue weighted by Gasteiger charge is 2.10. The van der Waals surface area contributed by atoms with E-state index in [0.29, 0.717) is 16.5 Å². The Morgan fingerprint density at radius 2 is 1.96 bits per heavy atom. The number of pyridine rings is 2. The molecule has 0 amide bonds. The number of nitrogens with one attached hydrogen (secondary N) is 1. The lowest BCUT2D eigenvalue weighted by Crippen LogP contribution is -1.98. The second-order valence-electron chi connectivity index (χ2n) is 5.03. The molecule has 0 spiro atoms. The fourth-order valence-electron chi connectivity index (χ4n) is 1.91. The Morgan fingerprint density at radius 3 is 2.61 bits per heavy atom. The first kappa shape index (κ1) is 15.6. The summed E-state index contributed by atoms with van der Waals surface area (Å²) < 4.78 is 22.9. The van der Waals surface area contributed by atoms with Crippen molar-refractivity contribution in [2.45, 2.75) is 11.8 Å². The second kappa shape index (κ2) is 6.05. The van der Waals surface area contributed by atoms with Crippen LogP contribution in [0.25, 0.3) is 11.4 Å². The van der Waals surface area contributed by atoms with Crippen molar-refractivity contribution < 1.29 is 8.42 Å². The van der Waals surface area contributed by atoms with Crippen molar-refractivity contribution in [1.29, 1.82) is 0 Å². The summed E-state index contributed by atoms with van der Waals surface area (Å²) >= 11 is 1.43. The van der Waals surface area contributed by atoms with Crippen molar-refractivity contribution >= 4 is 32.1 Å². The number of hydrogen-bond donors (Lipinski definition) is 1. The topological polar surface area (TPSA) is 84.8 Å². The van der Waals surface area contributed by atoms with Crippen LogP contribution < -0.4 is 5.32 Å². The van der Waals surface area contributed by atoms with Crippen LogP contribution in [0.3, 0.4) is 0 Å². The lowest BCUT2D eigenvalue weighted by Gasteiger charge is -2.02. The van der Waals surface area contributed by atoms with Crippen LogP contribution in [-0.2, 0) is 9.84 Å². The minimum absolute atomic E-state index is 0.193. The molecule has 0 saturated heterocycles. The van der Waals surface area contributed by atoms with Crippen LogP contribution >= 0.6 is 11.3 Å². The van der Waals surface area contributed by atoms with E-state index >= 15 is 0 Å². The zero-order valence-corrected chi connectivity index (χ0v) is 14.1. The molecule has 0 atom stereocenters. The summed E-state index contributed by atoms with van der Waals surface area (Å²) in [6, 6.07) is 7.04. The molecule has 0 saturated carbocycles. The van der Waals surface area contributed by atoms with Gasteiger partial charge in [0.15, 0.2) is 15.0 Å². The molecule has 0 aliphatic rings. The Morgan fingerprint density at radius 1 is 1.13 bits per heavy atom. The highest BCUT2D eigenvalue weighted by Crippen LogP contribution is 2.26. The van der Waals surface area contributed by atoms with Crippen LogP contribution in [0.15, 0.2) is 46.9 Å². The first-order valence-corrected chi connectivity index (χ1v) is 9.50. The minimum Gasteiger partial charge on any atom is -0.316 e. The van der Waals surface area contributed by atoms with Gasteiger partial charge in [0.1, 0.15) is 11.5 Å². The van der Waals surface area contributed by atoms with Gasteiger partial charge < -0.3 is 5.32 Å². The molecule has 0 bridgehead atoms. The van der Waals surface area contributed by atoms with Gasteiger partial charge in [-0.1, -0.05) is 0 Å². The number of anilines is 2. The Labute approximate surface area is 138 Å². The van der Waals surface area contributed by atoms with E-state index in [9.17, 15) is 8.42 Å². The highest BCUT2D eigenvalue weighted by molar-refractivity contribution is 7.90. The van der Waals surface area contributed by atoms with E-state index in [4.69, 9.17) is 0 Å². The highest BCUT2D eigenvalue weighted by atomic mass is 32.2. The lowest BCUT2D eigenvalue weighted by atomic mass is 10.3. The quantitative estimate of drug-likeness (QED) is 0.781. The molecule has 3 aromatic rings. The number of aryl methyl sites for hydroxylation is 1. The molecule has 0 radical (unpaired) electrons. The van der Waals surface area contributed by atoms with Gasteiger partial charge in [0, 0.05) is 24.0 Å². The van der Waals surface area contributed by atoms with Gasteiger partial charge in [-0.3, -0.25) is 4.98 Å². The number of hydrogen-bond acceptors (Lipinski definition) is 7. The van der Waals surface area contributed by atoms with Gasteiger partial charge in [-0.05, 0) is 36.8 Å². The van der Waals surface area contributed by atoms with E-state index in [1.807, 2.05) is 24.4 Å². The number of rotatable bonds is 4. The molecule has 0 fully saturated rings. The SMILES string of the molecule is Cc1ccnc(Nc2nc(-c3ccc(S(C)(=O)=O)cn3)cs2)c1. The lowest BCUT2D eigenvalue weighted by molar-refractivity contribution is 0.601. The third-order valence-electron chi connectivity index (χ3n) is 3.08. The van der Waals surface area contributed by atoms with E-state index in [2.05, 4.69) is 20.3 Å². The maximum atomic E-state index is 11.4. The Kier molecular flexibility index (Phi) is 4.10. The number of sulfone groups is 1. The summed E-state index contributed by atoms with van der Waals surface area (Å²) in [5.41, 5.74) is 2.42. The van der Waals surface area contributed by atoms with Gasteiger partial charge in [0.2, 0.25) is 0 Å². The molecule has 3 aromatic heterocycles. The molecular formula is C15H14N4O2S2. The molecule has 6 nitrogen and oxygen atoms in total. The van der Waals surface area contributed by atoms with Crippen LogP contribution in [0, 0.1) is 6.92 Å². The van der Waals surface area contributed by atoms with Gasteiger partial charge >= 0.3 is 0 Å². The van der Waals surface area contributed by atoms with Crippen LogP contribution in [0.2, 0.25) is 0 Å². The fourth-order valence-corrected chi connectivity index (χ4v) is 3.18. The van der Waals surface area contributed by atoms with E-state index in [1.54, 1.807) is 12.3 Å². The molecule has 0 aromatic carbocycles. The standard InChI is InChI=1S/C15H14N4O2S2/c1-10-5-6-16-14(7-10)19-15-18-13(9-22-15)12-4-3-11(8-17-12)23(2,20)21/h3-9H,1-2H3,(H,16,18,19). The van der Waals surface area contributed by atoms with Crippen molar-refractivity contribution in [1.82, 2.24) is 15.0 Å². The predicted molar refractivity (Wildman–Crippen MR) is 90.7 cm³/mol. The Hall–Kier alpha value is -2.32. The van der Waals surface area contributed by atoms with Crippen molar-refractivity contribution in [2.24, 2.45) is 0 Å². The van der Waals surface area contributed by atoms with Crippen molar-refractivity contribution in [3.05, 3.63) is 47.6 Å². The molecular weight excluding hydrogens is 332 g/mol. The minimum atomic E-state index is -3.24.